The van der Waals surface area contributed by atoms with Gasteiger partial charge in [-0.2, -0.15) is 0 Å². The van der Waals surface area contributed by atoms with Gasteiger partial charge in [0.1, 0.15) is 0 Å². The first kappa shape index (κ1) is 15.9. The Bertz CT molecular complexity index is 879. The summed E-state index contributed by atoms with van der Waals surface area (Å²) >= 11 is 3.13. The number of piperidine rings is 1. The van der Waals surface area contributed by atoms with Crippen LogP contribution in [0, 0.1) is 5.92 Å². The Balaban J connectivity index is 1.56. The maximum absolute atomic E-state index is 12.7. The van der Waals surface area contributed by atoms with Crippen molar-refractivity contribution in [2.24, 2.45) is 5.92 Å². The molecule has 3 heterocycles. The van der Waals surface area contributed by atoms with Crippen molar-refractivity contribution in [3.8, 4) is 0 Å². The first-order valence-corrected chi connectivity index (χ1v) is 10.0. The zero-order valence-corrected chi connectivity index (χ0v) is 15.4. The second kappa shape index (κ2) is 6.37. The van der Waals surface area contributed by atoms with Crippen LogP contribution >= 0.6 is 23.1 Å². The molecule has 4 rings (SSSR count). The molecule has 0 aliphatic carbocycles. The van der Waals surface area contributed by atoms with Gasteiger partial charge in [0.05, 0.1) is 15.5 Å². The lowest BCUT2D eigenvalue weighted by atomic mass is 9.99. The topological polar surface area (TPSA) is 50.5 Å². The number of hydrogen-bond acceptors (Lipinski definition) is 5. The van der Waals surface area contributed by atoms with Crippen LogP contribution in [-0.2, 0) is 4.79 Å². The van der Waals surface area contributed by atoms with E-state index in [4.69, 9.17) is 0 Å². The van der Waals surface area contributed by atoms with Gasteiger partial charge in [0.15, 0.2) is 5.16 Å². The second-order valence-electron chi connectivity index (χ2n) is 6.44. The van der Waals surface area contributed by atoms with Gasteiger partial charge in [-0.1, -0.05) is 42.2 Å². The highest BCUT2D eigenvalue weighted by Gasteiger charge is 2.26. The SMILES string of the molecule is CC1CCN(C(=O)[C@@H](C)Sc2nnc3sc4ccccc4n23)CC1. The average Bonchev–Trinajstić information content (AvgIpc) is 3.14. The molecule has 0 saturated carbocycles. The largest absolute Gasteiger partial charge is 0.342 e. The zero-order chi connectivity index (χ0) is 16.7. The van der Waals surface area contributed by atoms with Crippen LogP contribution in [0.4, 0.5) is 0 Å². The molecule has 1 saturated heterocycles. The number of nitrogens with zero attached hydrogens (tertiary/aromatic N) is 4. The van der Waals surface area contributed by atoms with E-state index < -0.39 is 0 Å². The van der Waals surface area contributed by atoms with Crippen molar-refractivity contribution in [2.45, 2.75) is 37.1 Å². The maximum Gasteiger partial charge on any atom is 0.235 e. The summed E-state index contributed by atoms with van der Waals surface area (Å²) in [5, 5.41) is 9.23. The molecule has 24 heavy (non-hydrogen) atoms. The Morgan fingerprint density at radius 1 is 1.29 bits per heavy atom. The summed E-state index contributed by atoms with van der Waals surface area (Å²) in [4.78, 5) is 15.6. The van der Waals surface area contributed by atoms with Crippen LogP contribution in [0.2, 0.25) is 0 Å². The van der Waals surface area contributed by atoms with Crippen molar-refractivity contribution in [2.75, 3.05) is 13.1 Å². The summed E-state index contributed by atoms with van der Waals surface area (Å²) in [6, 6.07) is 8.21. The van der Waals surface area contributed by atoms with Crippen molar-refractivity contribution in [1.82, 2.24) is 19.5 Å². The number of amides is 1. The number of likely N-dealkylation sites (tertiary alicyclic amines) is 1. The van der Waals surface area contributed by atoms with Crippen molar-refractivity contribution >= 4 is 44.2 Å². The summed E-state index contributed by atoms with van der Waals surface area (Å²) in [6.45, 7) is 5.98. The smallest absolute Gasteiger partial charge is 0.235 e. The van der Waals surface area contributed by atoms with Gasteiger partial charge in [0.25, 0.3) is 0 Å². The Morgan fingerprint density at radius 3 is 2.83 bits per heavy atom. The minimum Gasteiger partial charge on any atom is -0.342 e. The summed E-state index contributed by atoms with van der Waals surface area (Å²) in [5.41, 5.74) is 1.11. The van der Waals surface area contributed by atoms with Crippen molar-refractivity contribution in [3.63, 3.8) is 0 Å². The highest BCUT2D eigenvalue weighted by atomic mass is 32.2. The molecule has 1 aromatic carbocycles. The number of thioether (sulfide) groups is 1. The molecular formula is C17H20N4OS2. The lowest BCUT2D eigenvalue weighted by Gasteiger charge is -2.31. The van der Waals surface area contributed by atoms with E-state index in [0.717, 1.165) is 47.5 Å². The van der Waals surface area contributed by atoms with Crippen LogP contribution in [0.1, 0.15) is 26.7 Å². The molecule has 0 N–H and O–H groups in total. The fourth-order valence-electron chi connectivity index (χ4n) is 3.13. The van der Waals surface area contributed by atoms with E-state index in [1.165, 1.54) is 16.5 Å². The van der Waals surface area contributed by atoms with Gasteiger partial charge in [0, 0.05) is 13.1 Å². The Hall–Kier alpha value is -1.60. The van der Waals surface area contributed by atoms with E-state index in [-0.39, 0.29) is 11.2 Å². The molecule has 1 aliphatic rings. The fraction of sp³-hybridized carbons (Fsp3) is 0.471. The van der Waals surface area contributed by atoms with Crippen molar-refractivity contribution in [1.29, 1.82) is 0 Å². The van der Waals surface area contributed by atoms with Gasteiger partial charge in [-0.05, 0) is 37.8 Å². The van der Waals surface area contributed by atoms with Crippen LogP contribution in [0.25, 0.3) is 15.2 Å². The van der Waals surface area contributed by atoms with Gasteiger partial charge in [-0.25, -0.2) is 0 Å². The number of hydrogen-bond donors (Lipinski definition) is 0. The number of rotatable bonds is 3. The van der Waals surface area contributed by atoms with E-state index in [1.807, 2.05) is 24.0 Å². The normalized spacial score (nSPS) is 17.7. The van der Waals surface area contributed by atoms with Gasteiger partial charge in [-0.3, -0.25) is 9.20 Å². The fourth-order valence-corrected chi connectivity index (χ4v) is 5.09. The molecule has 0 radical (unpaired) electrons. The molecular weight excluding hydrogens is 340 g/mol. The summed E-state index contributed by atoms with van der Waals surface area (Å²) < 4.78 is 3.25. The summed E-state index contributed by atoms with van der Waals surface area (Å²) in [7, 11) is 0. The minimum absolute atomic E-state index is 0.149. The van der Waals surface area contributed by atoms with Crippen LogP contribution in [0.15, 0.2) is 29.4 Å². The predicted octanol–water partition coefficient (Wildman–Crippen LogP) is 3.68. The van der Waals surface area contributed by atoms with Crippen LogP contribution in [0.5, 0.6) is 0 Å². The molecule has 1 atom stereocenters. The first-order chi connectivity index (χ1) is 11.6. The highest BCUT2D eigenvalue weighted by molar-refractivity contribution is 8.00. The molecule has 0 unspecified atom stereocenters. The third-order valence-electron chi connectivity index (χ3n) is 4.64. The van der Waals surface area contributed by atoms with Gasteiger partial charge < -0.3 is 4.90 Å². The Kier molecular flexibility index (Phi) is 4.22. The van der Waals surface area contributed by atoms with Crippen LogP contribution < -0.4 is 0 Å². The highest BCUT2D eigenvalue weighted by Crippen LogP contribution is 2.31. The lowest BCUT2D eigenvalue weighted by molar-refractivity contribution is -0.131. The Morgan fingerprint density at radius 2 is 2.04 bits per heavy atom. The lowest BCUT2D eigenvalue weighted by Crippen LogP contribution is -2.41. The molecule has 1 fully saturated rings. The quantitative estimate of drug-likeness (QED) is 0.669. The third-order valence-corrected chi connectivity index (χ3v) is 6.68. The average molecular weight is 361 g/mol. The number of benzene rings is 1. The van der Waals surface area contributed by atoms with E-state index in [2.05, 4.69) is 33.7 Å². The predicted molar refractivity (Wildman–Crippen MR) is 98.7 cm³/mol. The summed E-state index contributed by atoms with van der Waals surface area (Å²) in [6.07, 6.45) is 2.21. The molecule has 7 heteroatoms. The van der Waals surface area contributed by atoms with Crippen LogP contribution in [-0.4, -0.2) is 43.7 Å². The molecule has 1 aliphatic heterocycles. The molecule has 1 amide bonds. The van der Waals surface area contributed by atoms with Gasteiger partial charge in [0.2, 0.25) is 10.9 Å². The van der Waals surface area contributed by atoms with Gasteiger partial charge >= 0.3 is 0 Å². The molecule has 0 spiro atoms. The number of aromatic nitrogens is 3. The molecule has 5 nitrogen and oxygen atoms in total. The van der Waals surface area contributed by atoms with E-state index in [1.54, 1.807) is 11.3 Å². The summed E-state index contributed by atoms with van der Waals surface area (Å²) in [5.74, 6) is 0.938. The van der Waals surface area contributed by atoms with E-state index in [0.29, 0.717) is 0 Å². The number of carbonyl (C=O) groups excluding carboxylic acids is 1. The number of thiazole rings is 1. The first-order valence-electron chi connectivity index (χ1n) is 8.31. The minimum atomic E-state index is -0.149. The van der Waals surface area contributed by atoms with Crippen molar-refractivity contribution in [3.05, 3.63) is 24.3 Å². The molecule has 0 bridgehead atoms. The standard InChI is InChI=1S/C17H20N4OS2/c1-11-7-9-20(10-8-11)15(22)12(2)23-16-18-19-17-21(16)13-5-3-4-6-14(13)24-17/h3-6,11-12H,7-10H2,1-2H3/t12-/m1/s1. The zero-order valence-electron chi connectivity index (χ0n) is 13.8. The van der Waals surface area contributed by atoms with Gasteiger partial charge in [-0.15, -0.1) is 10.2 Å². The van der Waals surface area contributed by atoms with E-state index in [9.17, 15) is 4.79 Å². The van der Waals surface area contributed by atoms with Crippen LogP contribution in [0.3, 0.4) is 0 Å². The molecule has 3 aromatic rings. The maximum atomic E-state index is 12.7. The molecule has 2 aromatic heterocycles. The van der Waals surface area contributed by atoms with Crippen molar-refractivity contribution < 1.29 is 4.79 Å². The monoisotopic (exact) mass is 360 g/mol. The Labute approximate surface area is 149 Å². The number of fused-ring (bicyclic) bond motifs is 3. The molecule has 126 valence electrons. The third kappa shape index (κ3) is 2.80. The number of carbonyl (C=O) groups is 1. The number of para-hydroxylation sites is 1. The van der Waals surface area contributed by atoms with E-state index >= 15 is 0 Å². The second-order valence-corrected chi connectivity index (χ2v) is 8.76.